The van der Waals surface area contributed by atoms with Crippen LogP contribution in [0, 0.1) is 0 Å². The average Bonchev–Trinajstić information content (AvgIpc) is 2.84. The van der Waals surface area contributed by atoms with Gasteiger partial charge in [0.05, 0.1) is 22.9 Å². The highest BCUT2D eigenvalue weighted by Gasteiger charge is 2.06. The highest BCUT2D eigenvalue weighted by molar-refractivity contribution is 9.10. The molecule has 4 heteroatoms. The molecule has 0 unspecified atom stereocenters. The first-order valence-corrected chi connectivity index (χ1v) is 7.32. The quantitative estimate of drug-likeness (QED) is 0.648. The summed E-state index contributed by atoms with van der Waals surface area (Å²) < 4.78 is 3.22. The number of aryl methyl sites for hydroxylation is 1. The molecule has 0 N–H and O–H groups in total. The summed E-state index contributed by atoms with van der Waals surface area (Å²) in [6, 6.07) is 16.1. The zero-order chi connectivity index (χ0) is 13.9. The lowest BCUT2D eigenvalue weighted by molar-refractivity contribution is 0.780. The Morgan fingerprint density at radius 1 is 1.15 bits per heavy atom. The van der Waals surface area contributed by atoms with E-state index in [1.807, 2.05) is 48.7 Å². The number of para-hydroxylation sites is 2. The minimum absolute atomic E-state index is 0.877. The highest BCUT2D eigenvalue weighted by atomic mass is 79.9. The van der Waals surface area contributed by atoms with Crippen LogP contribution in [0.3, 0.4) is 0 Å². The zero-order valence-corrected chi connectivity index (χ0v) is 12.7. The van der Waals surface area contributed by atoms with Crippen molar-refractivity contribution >= 4 is 38.9 Å². The molecule has 0 spiro atoms. The molecule has 1 aromatic heterocycles. The Morgan fingerprint density at radius 2 is 1.90 bits per heavy atom. The van der Waals surface area contributed by atoms with E-state index in [9.17, 15) is 0 Å². The number of benzene rings is 2. The molecule has 0 atom stereocenters. The molecule has 0 amide bonds. The van der Waals surface area contributed by atoms with Crippen molar-refractivity contribution in [2.45, 2.75) is 13.5 Å². The lowest BCUT2D eigenvalue weighted by atomic mass is 10.3. The van der Waals surface area contributed by atoms with Crippen molar-refractivity contribution in [3.63, 3.8) is 0 Å². The van der Waals surface area contributed by atoms with Crippen LogP contribution in [0.5, 0.6) is 0 Å². The summed E-state index contributed by atoms with van der Waals surface area (Å²) in [4.78, 5) is 9.11. The smallest absolute Gasteiger partial charge is 0.152 e. The van der Waals surface area contributed by atoms with Crippen molar-refractivity contribution in [3.8, 4) is 0 Å². The molecular formula is C16H14BrN3. The summed E-state index contributed by atoms with van der Waals surface area (Å²) in [5, 5.41) is 0. The van der Waals surface area contributed by atoms with Gasteiger partial charge in [-0.05, 0) is 43.3 Å². The number of halogens is 1. The molecule has 1 heterocycles. The normalized spacial score (nSPS) is 11.5. The molecule has 3 rings (SSSR count). The van der Waals surface area contributed by atoms with E-state index in [1.165, 1.54) is 0 Å². The Hall–Kier alpha value is -1.94. The second-order valence-corrected chi connectivity index (χ2v) is 5.35. The van der Waals surface area contributed by atoms with Gasteiger partial charge in [0.25, 0.3) is 0 Å². The number of aliphatic imine (C=N–C) groups is 1. The molecular weight excluding hydrogens is 314 g/mol. The fraction of sp³-hybridized carbons (Fsp3) is 0.125. The molecule has 0 saturated carbocycles. The van der Waals surface area contributed by atoms with Crippen LogP contribution < -0.4 is 0 Å². The van der Waals surface area contributed by atoms with Gasteiger partial charge in [-0.2, -0.15) is 0 Å². The number of nitrogens with zero attached hydrogens (tertiary/aromatic N) is 3. The van der Waals surface area contributed by atoms with Crippen molar-refractivity contribution in [2.24, 2.45) is 4.99 Å². The highest BCUT2D eigenvalue weighted by Crippen LogP contribution is 2.18. The first kappa shape index (κ1) is 13.1. The van der Waals surface area contributed by atoms with Gasteiger partial charge in [0.1, 0.15) is 0 Å². The molecule has 0 bridgehead atoms. The number of rotatable bonds is 3. The van der Waals surface area contributed by atoms with Gasteiger partial charge in [-0.3, -0.25) is 4.99 Å². The van der Waals surface area contributed by atoms with E-state index in [0.717, 1.165) is 33.6 Å². The fourth-order valence-corrected chi connectivity index (χ4v) is 2.45. The summed E-state index contributed by atoms with van der Waals surface area (Å²) in [7, 11) is 0. The van der Waals surface area contributed by atoms with Crippen molar-refractivity contribution < 1.29 is 0 Å². The van der Waals surface area contributed by atoms with E-state index in [4.69, 9.17) is 0 Å². The molecule has 0 saturated heterocycles. The van der Waals surface area contributed by atoms with Gasteiger partial charge >= 0.3 is 0 Å². The third kappa shape index (κ3) is 2.51. The molecule has 0 aliphatic carbocycles. The minimum atomic E-state index is 0.877. The van der Waals surface area contributed by atoms with E-state index in [-0.39, 0.29) is 0 Å². The SMILES string of the molecule is CCn1c(C=Nc2ccc(Br)cc2)nc2ccccc21. The molecule has 3 aromatic rings. The maximum absolute atomic E-state index is 4.62. The molecule has 20 heavy (non-hydrogen) atoms. The first-order chi connectivity index (χ1) is 9.78. The van der Waals surface area contributed by atoms with Crippen LogP contribution >= 0.6 is 15.9 Å². The van der Waals surface area contributed by atoms with Gasteiger partial charge in [0.15, 0.2) is 5.82 Å². The van der Waals surface area contributed by atoms with Crippen LogP contribution in [0.25, 0.3) is 11.0 Å². The Kier molecular flexibility index (Phi) is 3.65. The van der Waals surface area contributed by atoms with Gasteiger partial charge in [-0.1, -0.05) is 28.1 Å². The lowest BCUT2D eigenvalue weighted by Gasteiger charge is -2.01. The zero-order valence-electron chi connectivity index (χ0n) is 11.1. The number of hydrogen-bond acceptors (Lipinski definition) is 2. The van der Waals surface area contributed by atoms with E-state index < -0.39 is 0 Å². The van der Waals surface area contributed by atoms with Crippen LogP contribution in [0.1, 0.15) is 12.7 Å². The summed E-state index contributed by atoms with van der Waals surface area (Å²) in [6.07, 6.45) is 1.83. The molecule has 0 fully saturated rings. The number of hydrogen-bond donors (Lipinski definition) is 0. The predicted molar refractivity (Wildman–Crippen MR) is 86.8 cm³/mol. The molecule has 0 radical (unpaired) electrons. The van der Waals surface area contributed by atoms with Gasteiger partial charge in [0, 0.05) is 11.0 Å². The molecule has 0 aliphatic heterocycles. The standard InChI is InChI=1S/C16H14BrN3/c1-2-20-15-6-4-3-5-14(15)19-16(20)11-18-13-9-7-12(17)8-10-13/h3-11H,2H2,1H3. The van der Waals surface area contributed by atoms with E-state index in [2.05, 4.69) is 43.5 Å². The average molecular weight is 328 g/mol. The van der Waals surface area contributed by atoms with Crippen molar-refractivity contribution in [2.75, 3.05) is 0 Å². The second kappa shape index (κ2) is 5.59. The van der Waals surface area contributed by atoms with Gasteiger partial charge in [-0.25, -0.2) is 4.98 Å². The molecule has 3 nitrogen and oxygen atoms in total. The van der Waals surface area contributed by atoms with Crippen LogP contribution in [0.2, 0.25) is 0 Å². The van der Waals surface area contributed by atoms with E-state index >= 15 is 0 Å². The molecule has 0 aliphatic rings. The monoisotopic (exact) mass is 327 g/mol. The van der Waals surface area contributed by atoms with Crippen molar-refractivity contribution in [3.05, 3.63) is 58.8 Å². The Labute approximate surface area is 126 Å². The number of aromatic nitrogens is 2. The lowest BCUT2D eigenvalue weighted by Crippen LogP contribution is -2.00. The minimum Gasteiger partial charge on any atom is -0.323 e. The summed E-state index contributed by atoms with van der Waals surface area (Å²) in [5.74, 6) is 0.886. The van der Waals surface area contributed by atoms with Gasteiger partial charge in [-0.15, -0.1) is 0 Å². The summed E-state index contributed by atoms with van der Waals surface area (Å²) >= 11 is 3.42. The van der Waals surface area contributed by atoms with Crippen LogP contribution in [-0.2, 0) is 6.54 Å². The number of fused-ring (bicyclic) bond motifs is 1. The maximum Gasteiger partial charge on any atom is 0.152 e. The maximum atomic E-state index is 4.62. The van der Waals surface area contributed by atoms with E-state index in [0.29, 0.717) is 0 Å². The van der Waals surface area contributed by atoms with Gasteiger partial charge in [0.2, 0.25) is 0 Å². The summed E-state index contributed by atoms with van der Waals surface area (Å²) in [5.41, 5.74) is 3.07. The third-order valence-electron chi connectivity index (χ3n) is 3.16. The van der Waals surface area contributed by atoms with Gasteiger partial charge < -0.3 is 4.57 Å². The Balaban J connectivity index is 1.99. The molecule has 100 valence electrons. The van der Waals surface area contributed by atoms with Crippen LogP contribution in [0.15, 0.2) is 58.0 Å². The Bertz CT molecular complexity index is 757. The summed E-state index contributed by atoms with van der Waals surface area (Å²) in [6.45, 7) is 2.99. The van der Waals surface area contributed by atoms with Crippen LogP contribution in [0.4, 0.5) is 5.69 Å². The van der Waals surface area contributed by atoms with Crippen molar-refractivity contribution in [1.29, 1.82) is 0 Å². The second-order valence-electron chi connectivity index (χ2n) is 4.44. The van der Waals surface area contributed by atoms with Crippen molar-refractivity contribution in [1.82, 2.24) is 9.55 Å². The largest absolute Gasteiger partial charge is 0.323 e. The van der Waals surface area contributed by atoms with E-state index in [1.54, 1.807) is 0 Å². The third-order valence-corrected chi connectivity index (χ3v) is 3.68. The number of imidazole rings is 1. The predicted octanol–water partition coefficient (Wildman–Crippen LogP) is 4.57. The topological polar surface area (TPSA) is 30.2 Å². The molecule has 2 aromatic carbocycles. The fourth-order valence-electron chi connectivity index (χ4n) is 2.18. The Morgan fingerprint density at radius 3 is 2.65 bits per heavy atom. The first-order valence-electron chi connectivity index (χ1n) is 6.53. The van der Waals surface area contributed by atoms with Crippen LogP contribution in [-0.4, -0.2) is 15.8 Å².